The lowest BCUT2D eigenvalue weighted by Gasteiger charge is -2.07. The lowest BCUT2D eigenvalue weighted by atomic mass is 10.1. The first-order valence-corrected chi connectivity index (χ1v) is 9.22. The molecule has 1 rings (SSSR count). The largest absolute Gasteiger partial charge is 0.385 e. The van der Waals surface area contributed by atoms with E-state index in [0.29, 0.717) is 4.47 Å². The summed E-state index contributed by atoms with van der Waals surface area (Å²) in [7, 11) is 0. The molecule has 0 bridgehead atoms. The van der Waals surface area contributed by atoms with Crippen molar-refractivity contribution in [3.63, 3.8) is 0 Å². The van der Waals surface area contributed by atoms with Crippen molar-refractivity contribution in [2.24, 2.45) is 0 Å². The Morgan fingerprint density at radius 2 is 1.48 bits per heavy atom. The van der Waals surface area contributed by atoms with Crippen LogP contribution >= 0.6 is 15.9 Å². The highest BCUT2D eigenvalue weighted by Gasteiger charge is 1.99. The number of unbranched alkanes of at least 4 members (excludes halogenated alkanes) is 9. The van der Waals surface area contributed by atoms with E-state index in [1.807, 2.05) is 6.07 Å². The quantitative estimate of drug-likeness (QED) is 0.400. The zero-order valence-corrected chi connectivity index (χ0v) is 14.9. The maximum Gasteiger partial charge on any atom is 0.139 e. The fraction of sp³-hybridized carbons (Fsp3) is 0.667. The molecule has 1 N–H and O–H groups in total. The fourth-order valence-electron chi connectivity index (χ4n) is 2.45. The van der Waals surface area contributed by atoms with Crippen LogP contribution in [0.2, 0.25) is 0 Å². The van der Waals surface area contributed by atoms with E-state index in [-0.39, 0.29) is 5.82 Å². The minimum atomic E-state index is -0.205. The predicted molar refractivity (Wildman–Crippen MR) is 94.4 cm³/mol. The standard InChI is InChI=1S/C18H29BrFN/c1-2-3-4-5-6-7-8-9-10-11-14-21-16-12-13-17(19)18(20)15-16/h12-13,15,21H,2-11,14H2,1H3. The summed E-state index contributed by atoms with van der Waals surface area (Å²) < 4.78 is 13.8. The molecule has 0 aromatic heterocycles. The molecular weight excluding hydrogens is 329 g/mol. The molecule has 120 valence electrons. The van der Waals surface area contributed by atoms with Crippen LogP contribution in [-0.2, 0) is 0 Å². The van der Waals surface area contributed by atoms with Gasteiger partial charge in [0.1, 0.15) is 5.82 Å². The molecule has 21 heavy (non-hydrogen) atoms. The zero-order valence-electron chi connectivity index (χ0n) is 13.3. The minimum Gasteiger partial charge on any atom is -0.385 e. The Bertz CT molecular complexity index is 381. The van der Waals surface area contributed by atoms with Gasteiger partial charge in [-0.2, -0.15) is 0 Å². The lowest BCUT2D eigenvalue weighted by molar-refractivity contribution is 0.560. The monoisotopic (exact) mass is 357 g/mol. The maximum atomic E-state index is 13.3. The first-order valence-electron chi connectivity index (χ1n) is 8.43. The Balaban J connectivity index is 1.91. The Hall–Kier alpha value is -0.570. The Morgan fingerprint density at radius 1 is 0.905 bits per heavy atom. The summed E-state index contributed by atoms with van der Waals surface area (Å²) in [6, 6.07) is 5.19. The van der Waals surface area contributed by atoms with E-state index in [4.69, 9.17) is 0 Å². The second kappa shape index (κ2) is 12.0. The summed E-state index contributed by atoms with van der Waals surface area (Å²) >= 11 is 3.16. The molecule has 1 aromatic carbocycles. The minimum absolute atomic E-state index is 0.205. The van der Waals surface area contributed by atoms with Crippen molar-refractivity contribution >= 4 is 21.6 Å². The van der Waals surface area contributed by atoms with Crippen LogP contribution in [0.1, 0.15) is 71.1 Å². The van der Waals surface area contributed by atoms with E-state index in [9.17, 15) is 4.39 Å². The third-order valence-corrected chi connectivity index (χ3v) is 4.42. The molecular formula is C18H29BrFN. The van der Waals surface area contributed by atoms with Gasteiger partial charge in [-0.1, -0.05) is 64.7 Å². The number of anilines is 1. The van der Waals surface area contributed by atoms with Crippen molar-refractivity contribution in [3.05, 3.63) is 28.5 Å². The van der Waals surface area contributed by atoms with Gasteiger partial charge in [-0.15, -0.1) is 0 Å². The molecule has 1 nitrogen and oxygen atoms in total. The van der Waals surface area contributed by atoms with Crippen molar-refractivity contribution in [1.29, 1.82) is 0 Å². The van der Waals surface area contributed by atoms with Gasteiger partial charge >= 0.3 is 0 Å². The number of halogens is 2. The van der Waals surface area contributed by atoms with Crippen LogP contribution in [-0.4, -0.2) is 6.54 Å². The second-order valence-corrected chi connectivity index (χ2v) is 6.59. The van der Waals surface area contributed by atoms with E-state index in [1.54, 1.807) is 12.1 Å². The summed E-state index contributed by atoms with van der Waals surface area (Å²) in [6.45, 7) is 3.19. The fourth-order valence-corrected chi connectivity index (χ4v) is 2.70. The molecule has 0 aliphatic carbocycles. The summed E-state index contributed by atoms with van der Waals surface area (Å²) in [6.07, 6.45) is 13.4. The lowest BCUT2D eigenvalue weighted by Crippen LogP contribution is -2.01. The van der Waals surface area contributed by atoms with Gasteiger partial charge in [-0.3, -0.25) is 0 Å². The second-order valence-electron chi connectivity index (χ2n) is 5.74. The molecule has 0 unspecified atom stereocenters. The van der Waals surface area contributed by atoms with Gasteiger partial charge in [-0.25, -0.2) is 4.39 Å². The van der Waals surface area contributed by atoms with E-state index in [2.05, 4.69) is 28.2 Å². The Kier molecular flexibility index (Phi) is 10.6. The molecule has 1 aromatic rings. The summed E-state index contributed by atoms with van der Waals surface area (Å²) in [5.74, 6) is -0.205. The molecule has 0 heterocycles. The van der Waals surface area contributed by atoms with E-state index >= 15 is 0 Å². The molecule has 3 heteroatoms. The molecule has 0 aliphatic rings. The van der Waals surface area contributed by atoms with Crippen LogP contribution < -0.4 is 5.32 Å². The Labute approximate surface area is 137 Å². The highest BCUT2D eigenvalue weighted by Crippen LogP contribution is 2.19. The summed E-state index contributed by atoms with van der Waals surface area (Å²) in [5.41, 5.74) is 0.867. The predicted octanol–water partition coefficient (Wildman–Crippen LogP) is 6.92. The van der Waals surface area contributed by atoms with Crippen molar-refractivity contribution in [2.45, 2.75) is 71.1 Å². The van der Waals surface area contributed by atoms with Crippen molar-refractivity contribution < 1.29 is 4.39 Å². The number of hydrogen-bond acceptors (Lipinski definition) is 1. The van der Waals surface area contributed by atoms with Gasteiger partial charge in [0.25, 0.3) is 0 Å². The Morgan fingerprint density at radius 3 is 2.05 bits per heavy atom. The van der Waals surface area contributed by atoms with Gasteiger partial charge in [0.15, 0.2) is 0 Å². The third-order valence-electron chi connectivity index (χ3n) is 3.78. The van der Waals surface area contributed by atoms with Gasteiger partial charge < -0.3 is 5.32 Å². The highest BCUT2D eigenvalue weighted by atomic mass is 79.9. The molecule has 0 aliphatic heterocycles. The number of benzene rings is 1. The average molecular weight is 358 g/mol. The molecule has 0 spiro atoms. The van der Waals surface area contributed by atoms with Crippen LogP contribution in [0, 0.1) is 5.82 Å². The van der Waals surface area contributed by atoms with Crippen LogP contribution in [0.15, 0.2) is 22.7 Å². The first kappa shape index (κ1) is 18.5. The molecule has 0 amide bonds. The van der Waals surface area contributed by atoms with Crippen molar-refractivity contribution in [2.75, 3.05) is 11.9 Å². The van der Waals surface area contributed by atoms with Crippen LogP contribution in [0.25, 0.3) is 0 Å². The summed E-state index contributed by atoms with van der Waals surface area (Å²) in [4.78, 5) is 0. The van der Waals surface area contributed by atoms with Crippen LogP contribution in [0.3, 0.4) is 0 Å². The van der Waals surface area contributed by atoms with E-state index in [1.165, 1.54) is 57.8 Å². The van der Waals surface area contributed by atoms with Crippen molar-refractivity contribution in [3.8, 4) is 0 Å². The molecule has 0 saturated carbocycles. The molecule has 0 radical (unpaired) electrons. The average Bonchev–Trinajstić information content (AvgIpc) is 2.48. The first-order chi connectivity index (χ1) is 10.2. The van der Waals surface area contributed by atoms with Crippen LogP contribution in [0.5, 0.6) is 0 Å². The molecule has 0 fully saturated rings. The van der Waals surface area contributed by atoms with Gasteiger partial charge in [0, 0.05) is 12.2 Å². The number of rotatable bonds is 12. The maximum absolute atomic E-state index is 13.3. The SMILES string of the molecule is CCCCCCCCCCCCNc1ccc(Br)c(F)c1. The molecule has 0 saturated heterocycles. The number of hydrogen-bond donors (Lipinski definition) is 1. The summed E-state index contributed by atoms with van der Waals surface area (Å²) in [5, 5.41) is 3.28. The zero-order chi connectivity index (χ0) is 15.3. The van der Waals surface area contributed by atoms with E-state index in [0.717, 1.165) is 18.7 Å². The molecule has 0 atom stereocenters. The normalized spacial score (nSPS) is 10.8. The number of nitrogens with one attached hydrogen (secondary N) is 1. The third kappa shape index (κ3) is 9.13. The smallest absolute Gasteiger partial charge is 0.139 e. The van der Waals surface area contributed by atoms with Gasteiger partial charge in [-0.05, 0) is 40.5 Å². The van der Waals surface area contributed by atoms with Crippen LogP contribution in [0.4, 0.5) is 10.1 Å². The van der Waals surface area contributed by atoms with Gasteiger partial charge in [0.05, 0.1) is 4.47 Å². The highest BCUT2D eigenvalue weighted by molar-refractivity contribution is 9.10. The van der Waals surface area contributed by atoms with Crippen molar-refractivity contribution in [1.82, 2.24) is 0 Å². The van der Waals surface area contributed by atoms with Gasteiger partial charge in [0.2, 0.25) is 0 Å². The topological polar surface area (TPSA) is 12.0 Å². The van der Waals surface area contributed by atoms with E-state index < -0.39 is 0 Å².